The highest BCUT2D eigenvalue weighted by Crippen LogP contribution is 2.32. The van der Waals surface area contributed by atoms with Crippen LogP contribution in [0.3, 0.4) is 0 Å². The molecule has 1 N–H and O–H groups in total. The maximum absolute atomic E-state index is 12.0. The molecule has 0 spiro atoms. The molecule has 0 heterocycles. The minimum absolute atomic E-state index is 0.183. The zero-order valence-electron chi connectivity index (χ0n) is 16.8. The molecule has 1 aliphatic carbocycles. The van der Waals surface area contributed by atoms with Gasteiger partial charge in [0.2, 0.25) is 0 Å². The van der Waals surface area contributed by atoms with Crippen molar-refractivity contribution < 1.29 is 19.4 Å². The fourth-order valence-corrected chi connectivity index (χ4v) is 3.54. The molecule has 2 rings (SSSR count). The standard InChI is InChI=1S/C22H33ClO4/c1-21(2,3)20(24)26-16-13-18(27-22(25)14-7-4-8-15-22)12-11-17-9-5-6-10-19(17)23/h5-6,9-10,18,25H,4,7-8,11-16H2,1-3H3/t18-/m0/s1. The molecule has 5 heteroatoms. The minimum atomic E-state index is -1.06. The highest BCUT2D eigenvalue weighted by atomic mass is 35.5. The highest BCUT2D eigenvalue weighted by Gasteiger charge is 2.33. The van der Waals surface area contributed by atoms with Crippen LogP contribution in [0.4, 0.5) is 0 Å². The fraction of sp³-hybridized carbons (Fsp3) is 0.682. The lowest BCUT2D eigenvalue weighted by atomic mass is 9.93. The Bertz CT molecular complexity index is 603. The summed E-state index contributed by atoms with van der Waals surface area (Å²) < 4.78 is 11.5. The second kappa shape index (κ2) is 9.90. The summed E-state index contributed by atoms with van der Waals surface area (Å²) in [5.74, 6) is -1.28. The van der Waals surface area contributed by atoms with E-state index in [2.05, 4.69) is 0 Å². The molecule has 1 saturated carbocycles. The lowest BCUT2D eigenvalue weighted by Gasteiger charge is -2.35. The van der Waals surface area contributed by atoms with Crippen LogP contribution in [0.2, 0.25) is 5.02 Å². The summed E-state index contributed by atoms with van der Waals surface area (Å²) in [5, 5.41) is 11.5. The average Bonchev–Trinajstić information content (AvgIpc) is 2.60. The number of esters is 1. The highest BCUT2D eigenvalue weighted by molar-refractivity contribution is 6.31. The van der Waals surface area contributed by atoms with Crippen LogP contribution in [0.5, 0.6) is 0 Å². The molecular formula is C22H33ClO4. The van der Waals surface area contributed by atoms with E-state index in [-0.39, 0.29) is 12.1 Å². The first-order valence-electron chi connectivity index (χ1n) is 10.0. The van der Waals surface area contributed by atoms with Crippen molar-refractivity contribution in [3.8, 4) is 0 Å². The van der Waals surface area contributed by atoms with Gasteiger partial charge in [0, 0.05) is 24.3 Å². The van der Waals surface area contributed by atoms with E-state index in [4.69, 9.17) is 21.1 Å². The summed E-state index contributed by atoms with van der Waals surface area (Å²) in [6.07, 6.45) is 6.28. The van der Waals surface area contributed by atoms with E-state index in [1.807, 2.05) is 45.0 Å². The van der Waals surface area contributed by atoms with Gasteiger partial charge in [-0.2, -0.15) is 0 Å². The molecule has 0 aliphatic heterocycles. The zero-order valence-corrected chi connectivity index (χ0v) is 17.6. The van der Waals surface area contributed by atoms with Crippen LogP contribution >= 0.6 is 11.6 Å². The van der Waals surface area contributed by atoms with Gasteiger partial charge in [-0.25, -0.2) is 0 Å². The molecule has 0 radical (unpaired) electrons. The van der Waals surface area contributed by atoms with Gasteiger partial charge in [0.05, 0.1) is 18.1 Å². The lowest BCUT2D eigenvalue weighted by Crippen LogP contribution is -2.39. The Morgan fingerprint density at radius 2 is 1.85 bits per heavy atom. The molecular weight excluding hydrogens is 364 g/mol. The number of rotatable bonds is 8. The molecule has 1 fully saturated rings. The summed E-state index contributed by atoms with van der Waals surface area (Å²) in [4.78, 5) is 12.0. The van der Waals surface area contributed by atoms with Gasteiger partial charge in [0.15, 0.2) is 5.79 Å². The molecule has 1 aromatic carbocycles. The Kier molecular flexibility index (Phi) is 8.14. The predicted molar refractivity (Wildman–Crippen MR) is 108 cm³/mol. The fourth-order valence-electron chi connectivity index (χ4n) is 3.31. The summed E-state index contributed by atoms with van der Waals surface area (Å²) >= 11 is 6.26. The first-order valence-corrected chi connectivity index (χ1v) is 10.4. The van der Waals surface area contributed by atoms with Crippen molar-refractivity contribution >= 4 is 17.6 Å². The van der Waals surface area contributed by atoms with Gasteiger partial charge >= 0.3 is 5.97 Å². The van der Waals surface area contributed by atoms with Crippen molar-refractivity contribution in [3.05, 3.63) is 34.9 Å². The van der Waals surface area contributed by atoms with Crippen molar-refractivity contribution in [1.82, 2.24) is 0 Å². The second-order valence-electron chi connectivity index (χ2n) is 8.55. The first kappa shape index (κ1) is 22.2. The third-order valence-corrected chi connectivity index (χ3v) is 5.37. The van der Waals surface area contributed by atoms with Crippen molar-refractivity contribution in [1.29, 1.82) is 0 Å². The number of halogens is 1. The molecule has 1 aromatic rings. The Balaban J connectivity index is 1.95. The van der Waals surface area contributed by atoms with E-state index in [0.29, 0.717) is 25.9 Å². The Morgan fingerprint density at radius 3 is 2.48 bits per heavy atom. The van der Waals surface area contributed by atoms with Crippen LogP contribution in [0.1, 0.15) is 71.3 Å². The van der Waals surface area contributed by atoms with E-state index >= 15 is 0 Å². The Hall–Kier alpha value is -1.10. The third kappa shape index (κ3) is 7.44. The van der Waals surface area contributed by atoms with Crippen LogP contribution in [-0.4, -0.2) is 29.6 Å². The van der Waals surface area contributed by atoms with Crippen molar-refractivity contribution in [3.63, 3.8) is 0 Å². The van der Waals surface area contributed by atoms with E-state index in [9.17, 15) is 9.90 Å². The van der Waals surface area contributed by atoms with Crippen molar-refractivity contribution in [2.75, 3.05) is 6.61 Å². The lowest BCUT2D eigenvalue weighted by molar-refractivity contribution is -0.248. The summed E-state index contributed by atoms with van der Waals surface area (Å²) in [7, 11) is 0. The molecule has 0 unspecified atom stereocenters. The molecule has 0 saturated heterocycles. The van der Waals surface area contributed by atoms with Crippen LogP contribution in [-0.2, 0) is 20.7 Å². The maximum atomic E-state index is 12.0. The third-order valence-electron chi connectivity index (χ3n) is 5.00. The summed E-state index contributed by atoms with van der Waals surface area (Å²) in [5.41, 5.74) is 0.547. The van der Waals surface area contributed by atoms with E-state index in [1.165, 1.54) is 0 Å². The monoisotopic (exact) mass is 396 g/mol. The number of aliphatic hydroxyl groups is 1. The predicted octanol–water partition coefficient (Wildman–Crippen LogP) is 5.29. The van der Waals surface area contributed by atoms with Crippen LogP contribution in [0.15, 0.2) is 24.3 Å². The van der Waals surface area contributed by atoms with Crippen molar-refractivity contribution in [2.45, 2.75) is 84.0 Å². The Labute approximate surface area is 168 Å². The average molecular weight is 397 g/mol. The van der Waals surface area contributed by atoms with Gasteiger partial charge in [0.1, 0.15) is 0 Å². The largest absolute Gasteiger partial charge is 0.465 e. The SMILES string of the molecule is CC(C)(C)C(=O)OCC[C@H](CCc1ccccc1Cl)OC1(O)CCCCC1. The molecule has 4 nitrogen and oxygen atoms in total. The van der Waals surface area contributed by atoms with Gasteiger partial charge in [-0.1, -0.05) is 36.2 Å². The van der Waals surface area contributed by atoms with Crippen LogP contribution in [0, 0.1) is 5.41 Å². The molecule has 0 amide bonds. The number of hydrogen-bond donors (Lipinski definition) is 1. The zero-order chi connectivity index (χ0) is 19.9. The van der Waals surface area contributed by atoms with Crippen LogP contribution < -0.4 is 0 Å². The first-order chi connectivity index (χ1) is 12.7. The van der Waals surface area contributed by atoms with Gasteiger partial charge in [-0.15, -0.1) is 0 Å². The molecule has 1 atom stereocenters. The van der Waals surface area contributed by atoms with Gasteiger partial charge in [0.25, 0.3) is 0 Å². The van der Waals surface area contributed by atoms with E-state index < -0.39 is 11.2 Å². The Morgan fingerprint density at radius 1 is 1.19 bits per heavy atom. The van der Waals surface area contributed by atoms with E-state index in [0.717, 1.165) is 42.7 Å². The van der Waals surface area contributed by atoms with Gasteiger partial charge < -0.3 is 14.6 Å². The number of aryl methyl sites for hydroxylation is 1. The number of hydrogen-bond acceptors (Lipinski definition) is 4. The normalized spacial score (nSPS) is 18.1. The van der Waals surface area contributed by atoms with Crippen LogP contribution in [0.25, 0.3) is 0 Å². The maximum Gasteiger partial charge on any atom is 0.311 e. The molecule has 0 aromatic heterocycles. The number of carbonyl (C=O) groups excluding carboxylic acids is 1. The molecule has 1 aliphatic rings. The van der Waals surface area contributed by atoms with Gasteiger partial charge in [-0.3, -0.25) is 4.79 Å². The minimum Gasteiger partial charge on any atom is -0.465 e. The molecule has 152 valence electrons. The quantitative estimate of drug-likeness (QED) is 0.479. The van der Waals surface area contributed by atoms with Gasteiger partial charge in [-0.05, 0) is 58.1 Å². The summed E-state index contributed by atoms with van der Waals surface area (Å²) in [6, 6.07) is 7.77. The molecule has 27 heavy (non-hydrogen) atoms. The van der Waals surface area contributed by atoms with Crippen molar-refractivity contribution in [2.24, 2.45) is 5.41 Å². The summed E-state index contributed by atoms with van der Waals surface area (Å²) in [6.45, 7) is 5.81. The topological polar surface area (TPSA) is 55.8 Å². The second-order valence-corrected chi connectivity index (χ2v) is 8.96. The smallest absolute Gasteiger partial charge is 0.311 e. The number of carbonyl (C=O) groups is 1. The van der Waals surface area contributed by atoms with E-state index in [1.54, 1.807) is 0 Å². The number of ether oxygens (including phenoxy) is 2. The molecule has 0 bridgehead atoms. The number of benzene rings is 1.